The van der Waals surface area contributed by atoms with E-state index in [4.69, 9.17) is 0 Å². The summed E-state index contributed by atoms with van der Waals surface area (Å²) in [4.78, 5) is 10.3. The van der Waals surface area contributed by atoms with E-state index in [2.05, 4.69) is 5.10 Å². The van der Waals surface area contributed by atoms with Gasteiger partial charge in [-0.05, 0) is 31.2 Å². The second-order valence-corrected chi connectivity index (χ2v) is 4.77. The number of nitrogens with zero attached hydrogens (tertiary/aromatic N) is 3. The maximum absolute atomic E-state index is 10.7. The molecule has 0 bridgehead atoms. The van der Waals surface area contributed by atoms with Gasteiger partial charge in [0.25, 0.3) is 5.69 Å². The lowest BCUT2D eigenvalue weighted by atomic mass is 10.0. The van der Waals surface area contributed by atoms with Gasteiger partial charge < -0.3 is 5.11 Å². The zero-order valence-electron chi connectivity index (χ0n) is 11.3. The van der Waals surface area contributed by atoms with E-state index in [0.717, 1.165) is 11.1 Å². The first-order valence-corrected chi connectivity index (χ1v) is 6.48. The number of rotatable bonds is 3. The van der Waals surface area contributed by atoms with E-state index < -0.39 is 11.0 Å². The van der Waals surface area contributed by atoms with Gasteiger partial charge in [0.2, 0.25) is 0 Å². The minimum absolute atomic E-state index is 0.0288. The van der Waals surface area contributed by atoms with E-state index in [0.29, 0.717) is 11.3 Å². The molecule has 1 unspecified atom stereocenters. The number of aliphatic hydroxyl groups excluding tert-OH is 1. The third-order valence-electron chi connectivity index (χ3n) is 3.35. The molecule has 1 aromatic carbocycles. The third kappa shape index (κ3) is 2.25. The second kappa shape index (κ2) is 4.99. The van der Waals surface area contributed by atoms with Crippen LogP contribution < -0.4 is 0 Å². The lowest BCUT2D eigenvalue weighted by molar-refractivity contribution is -0.384. The second-order valence-electron chi connectivity index (χ2n) is 4.77. The van der Waals surface area contributed by atoms with Crippen molar-refractivity contribution in [1.82, 2.24) is 9.61 Å². The number of fused-ring (bicyclic) bond motifs is 1. The molecule has 6 heteroatoms. The number of hydrogen-bond acceptors (Lipinski definition) is 4. The highest BCUT2D eigenvalue weighted by atomic mass is 16.6. The highest BCUT2D eigenvalue weighted by Gasteiger charge is 2.18. The van der Waals surface area contributed by atoms with Crippen LogP contribution in [0.1, 0.15) is 18.6 Å². The molecule has 1 N–H and O–H groups in total. The summed E-state index contributed by atoms with van der Waals surface area (Å²) >= 11 is 0. The molecule has 106 valence electrons. The first-order valence-electron chi connectivity index (χ1n) is 6.48. The van der Waals surface area contributed by atoms with Crippen LogP contribution in [-0.4, -0.2) is 19.6 Å². The Balaban J connectivity index is 2.19. The van der Waals surface area contributed by atoms with Crippen molar-refractivity contribution in [1.29, 1.82) is 0 Å². The summed E-state index contributed by atoms with van der Waals surface area (Å²) in [7, 11) is 0. The fourth-order valence-electron chi connectivity index (χ4n) is 2.38. The van der Waals surface area contributed by atoms with Crippen molar-refractivity contribution in [3.8, 4) is 11.3 Å². The van der Waals surface area contributed by atoms with Crippen LogP contribution in [0.25, 0.3) is 16.8 Å². The zero-order valence-corrected chi connectivity index (χ0v) is 11.3. The first kappa shape index (κ1) is 13.3. The minimum Gasteiger partial charge on any atom is -0.389 e. The van der Waals surface area contributed by atoms with Crippen molar-refractivity contribution in [2.24, 2.45) is 0 Å². The molecule has 6 nitrogen and oxygen atoms in total. The van der Waals surface area contributed by atoms with Crippen molar-refractivity contribution >= 4 is 11.2 Å². The Kier molecular flexibility index (Phi) is 3.15. The standard InChI is InChI=1S/C15H13N3O3/c1-10(19)14-13-4-2-3-9-17(13)16-15(14)11-5-7-12(8-6-11)18(20)21/h2-10,19H,1H3. The summed E-state index contributed by atoms with van der Waals surface area (Å²) in [5.41, 5.74) is 2.93. The van der Waals surface area contributed by atoms with Crippen LogP contribution in [0.4, 0.5) is 5.69 Å². The molecule has 0 radical (unpaired) electrons. The van der Waals surface area contributed by atoms with Crippen molar-refractivity contribution in [2.75, 3.05) is 0 Å². The Labute approximate surface area is 120 Å². The van der Waals surface area contributed by atoms with E-state index in [1.807, 2.05) is 18.2 Å². The topological polar surface area (TPSA) is 80.7 Å². The fourth-order valence-corrected chi connectivity index (χ4v) is 2.38. The number of non-ortho nitro benzene ring substituents is 1. The van der Waals surface area contributed by atoms with Gasteiger partial charge in [-0.2, -0.15) is 5.10 Å². The molecular weight excluding hydrogens is 270 g/mol. The van der Waals surface area contributed by atoms with Crippen LogP contribution in [-0.2, 0) is 0 Å². The predicted molar refractivity (Wildman–Crippen MR) is 77.9 cm³/mol. The first-order chi connectivity index (χ1) is 10.1. The summed E-state index contributed by atoms with van der Waals surface area (Å²) in [6.07, 6.45) is 1.12. The van der Waals surface area contributed by atoms with Gasteiger partial charge in [0.15, 0.2) is 0 Å². The lowest BCUT2D eigenvalue weighted by Gasteiger charge is -2.05. The molecule has 0 aliphatic carbocycles. The molecule has 3 rings (SSSR count). The van der Waals surface area contributed by atoms with Crippen LogP contribution in [0.5, 0.6) is 0 Å². The number of hydrogen-bond donors (Lipinski definition) is 1. The summed E-state index contributed by atoms with van der Waals surface area (Å²) in [5, 5.41) is 25.2. The van der Waals surface area contributed by atoms with Gasteiger partial charge in [0.05, 0.1) is 22.2 Å². The predicted octanol–water partition coefficient (Wildman–Crippen LogP) is 2.96. The van der Waals surface area contributed by atoms with Crippen molar-refractivity contribution in [3.63, 3.8) is 0 Å². The van der Waals surface area contributed by atoms with Gasteiger partial charge in [-0.1, -0.05) is 6.07 Å². The Bertz CT molecular complexity index is 807. The van der Waals surface area contributed by atoms with Crippen LogP contribution >= 0.6 is 0 Å². The van der Waals surface area contributed by atoms with E-state index in [1.165, 1.54) is 12.1 Å². The van der Waals surface area contributed by atoms with Gasteiger partial charge >= 0.3 is 0 Å². The smallest absolute Gasteiger partial charge is 0.269 e. The molecule has 0 fully saturated rings. The normalized spacial score (nSPS) is 12.5. The number of pyridine rings is 1. The highest BCUT2D eigenvalue weighted by molar-refractivity contribution is 5.74. The molecule has 0 aliphatic heterocycles. The zero-order chi connectivity index (χ0) is 15.0. The maximum atomic E-state index is 10.7. The van der Waals surface area contributed by atoms with Crippen LogP contribution in [0.15, 0.2) is 48.7 Å². The van der Waals surface area contributed by atoms with E-state index >= 15 is 0 Å². The van der Waals surface area contributed by atoms with Gasteiger partial charge in [-0.3, -0.25) is 10.1 Å². The maximum Gasteiger partial charge on any atom is 0.269 e. The monoisotopic (exact) mass is 283 g/mol. The molecule has 21 heavy (non-hydrogen) atoms. The van der Waals surface area contributed by atoms with Crippen LogP contribution in [0.3, 0.4) is 0 Å². The van der Waals surface area contributed by atoms with Crippen LogP contribution in [0.2, 0.25) is 0 Å². The largest absolute Gasteiger partial charge is 0.389 e. The van der Waals surface area contributed by atoms with E-state index in [9.17, 15) is 15.2 Å². The molecule has 2 heterocycles. The van der Waals surface area contributed by atoms with Gasteiger partial charge in [-0.25, -0.2) is 4.52 Å². The summed E-state index contributed by atoms with van der Waals surface area (Å²) in [6, 6.07) is 11.8. The number of aromatic nitrogens is 2. The molecule has 3 aromatic rings. The molecule has 1 atom stereocenters. The summed E-state index contributed by atoms with van der Waals surface area (Å²) in [5.74, 6) is 0. The molecule has 0 amide bonds. The number of nitro benzene ring substituents is 1. The molecule has 2 aromatic heterocycles. The van der Waals surface area contributed by atoms with Crippen molar-refractivity contribution in [3.05, 3.63) is 64.3 Å². The average molecular weight is 283 g/mol. The molecule has 0 spiro atoms. The Hall–Kier alpha value is -2.73. The SMILES string of the molecule is CC(O)c1c(-c2ccc([N+](=O)[O-])cc2)nn2ccccc12. The summed E-state index contributed by atoms with van der Waals surface area (Å²) in [6.45, 7) is 1.68. The number of nitro groups is 1. The molecule has 0 saturated carbocycles. The fraction of sp³-hybridized carbons (Fsp3) is 0.133. The molecule has 0 saturated heterocycles. The average Bonchev–Trinajstić information content (AvgIpc) is 2.86. The molecular formula is C15H13N3O3. The van der Waals surface area contributed by atoms with Crippen molar-refractivity contribution in [2.45, 2.75) is 13.0 Å². The van der Waals surface area contributed by atoms with E-state index in [1.54, 1.807) is 29.8 Å². The summed E-state index contributed by atoms with van der Waals surface area (Å²) < 4.78 is 1.69. The lowest BCUT2D eigenvalue weighted by Crippen LogP contribution is -1.93. The quantitative estimate of drug-likeness (QED) is 0.592. The third-order valence-corrected chi connectivity index (χ3v) is 3.35. The minimum atomic E-state index is -0.685. The highest BCUT2D eigenvalue weighted by Crippen LogP contribution is 2.31. The van der Waals surface area contributed by atoms with E-state index in [-0.39, 0.29) is 5.69 Å². The van der Waals surface area contributed by atoms with Crippen molar-refractivity contribution < 1.29 is 10.0 Å². The van der Waals surface area contributed by atoms with Gasteiger partial charge in [0.1, 0.15) is 0 Å². The van der Waals surface area contributed by atoms with Crippen LogP contribution in [0, 0.1) is 10.1 Å². The number of benzene rings is 1. The van der Waals surface area contributed by atoms with Gasteiger partial charge in [0, 0.05) is 29.5 Å². The Morgan fingerprint density at radius 2 is 1.95 bits per heavy atom. The Morgan fingerprint density at radius 3 is 2.57 bits per heavy atom. The Morgan fingerprint density at radius 1 is 1.24 bits per heavy atom. The molecule has 0 aliphatic rings. The number of aliphatic hydroxyl groups is 1. The van der Waals surface area contributed by atoms with Gasteiger partial charge in [-0.15, -0.1) is 0 Å².